The molecule has 0 radical (unpaired) electrons. The summed E-state index contributed by atoms with van der Waals surface area (Å²) < 4.78 is 23.4. The minimum Gasteiger partial charge on any atom is -0.453 e. The number of rotatable bonds is 1. The highest BCUT2D eigenvalue weighted by molar-refractivity contribution is 5.82. The van der Waals surface area contributed by atoms with Gasteiger partial charge in [0.05, 0.1) is 0 Å². The molecule has 0 saturated carbocycles. The van der Waals surface area contributed by atoms with Gasteiger partial charge in [-0.1, -0.05) is 5.16 Å². The van der Waals surface area contributed by atoms with Gasteiger partial charge in [0.25, 0.3) is 0 Å². The number of hydrogen-bond donors (Lipinski definition) is 1. The number of anilines is 1. The Hall–Kier alpha value is -2.30. The van der Waals surface area contributed by atoms with E-state index in [9.17, 15) is 4.39 Å². The van der Waals surface area contributed by atoms with Crippen LogP contribution < -0.4 is 5.73 Å². The van der Waals surface area contributed by atoms with E-state index in [1.165, 1.54) is 12.1 Å². The quantitative estimate of drug-likeness (QED) is 0.682. The highest BCUT2D eigenvalue weighted by Gasteiger charge is 2.11. The summed E-state index contributed by atoms with van der Waals surface area (Å²) in [5.74, 6) is 0.873. The van der Waals surface area contributed by atoms with Gasteiger partial charge in [0.15, 0.2) is 11.6 Å². The highest BCUT2D eigenvalue weighted by Crippen LogP contribution is 2.28. The van der Waals surface area contributed by atoms with Gasteiger partial charge in [-0.25, -0.2) is 4.39 Å². The van der Waals surface area contributed by atoms with Gasteiger partial charge in [-0.15, -0.1) is 0 Å². The Balaban J connectivity index is 2.18. The Bertz CT molecular complexity index is 657. The fraction of sp³-hybridized carbons (Fsp3) is 0. The lowest BCUT2D eigenvalue weighted by Crippen LogP contribution is -1.79. The van der Waals surface area contributed by atoms with E-state index >= 15 is 0 Å². The Morgan fingerprint density at radius 3 is 2.75 bits per heavy atom. The van der Waals surface area contributed by atoms with Crippen LogP contribution in [0, 0.1) is 5.82 Å². The normalized spacial score (nSPS) is 11.1. The molecule has 0 bridgehead atoms. The Labute approximate surface area is 89.4 Å². The molecule has 4 nitrogen and oxygen atoms in total. The molecule has 0 amide bonds. The number of halogens is 1. The highest BCUT2D eigenvalue weighted by atomic mass is 19.1. The lowest BCUT2D eigenvalue weighted by molar-refractivity contribution is 0.424. The number of aromatic nitrogens is 1. The van der Waals surface area contributed by atoms with E-state index in [1.807, 2.05) is 0 Å². The second-order valence-corrected chi connectivity index (χ2v) is 3.41. The average Bonchev–Trinajstić information content (AvgIpc) is 2.83. The van der Waals surface area contributed by atoms with E-state index in [0.717, 1.165) is 0 Å². The van der Waals surface area contributed by atoms with Crippen LogP contribution in [-0.2, 0) is 0 Å². The van der Waals surface area contributed by atoms with Gasteiger partial charge >= 0.3 is 0 Å². The smallest absolute Gasteiger partial charge is 0.204 e. The SMILES string of the molecule is Nc1cc(-c2cc3cc(F)ccc3o2)on1. The zero-order valence-corrected chi connectivity index (χ0v) is 8.11. The predicted molar refractivity (Wildman–Crippen MR) is 56.1 cm³/mol. The summed E-state index contributed by atoms with van der Waals surface area (Å²) in [6.45, 7) is 0. The zero-order chi connectivity index (χ0) is 11.1. The summed E-state index contributed by atoms with van der Waals surface area (Å²) in [7, 11) is 0. The molecule has 0 saturated heterocycles. The number of furan rings is 1. The number of hydrogen-bond acceptors (Lipinski definition) is 4. The molecule has 0 aliphatic rings. The number of benzene rings is 1. The maximum atomic E-state index is 13.0. The van der Waals surface area contributed by atoms with Gasteiger partial charge < -0.3 is 14.7 Å². The summed E-state index contributed by atoms with van der Waals surface area (Å²) in [4.78, 5) is 0. The predicted octanol–water partition coefficient (Wildman–Crippen LogP) is 2.81. The first-order valence-electron chi connectivity index (χ1n) is 4.64. The molecule has 16 heavy (non-hydrogen) atoms. The third-order valence-electron chi connectivity index (χ3n) is 2.25. The maximum Gasteiger partial charge on any atom is 0.204 e. The van der Waals surface area contributed by atoms with Crippen molar-refractivity contribution in [1.82, 2.24) is 5.16 Å². The van der Waals surface area contributed by atoms with Crippen LogP contribution in [0.3, 0.4) is 0 Å². The van der Waals surface area contributed by atoms with Gasteiger partial charge in [-0.2, -0.15) is 0 Å². The van der Waals surface area contributed by atoms with Crippen LogP contribution in [0.4, 0.5) is 10.2 Å². The molecule has 0 spiro atoms. The van der Waals surface area contributed by atoms with Gasteiger partial charge in [0.1, 0.15) is 11.4 Å². The monoisotopic (exact) mass is 218 g/mol. The van der Waals surface area contributed by atoms with Gasteiger partial charge in [-0.05, 0) is 24.3 Å². The number of fused-ring (bicyclic) bond motifs is 1. The van der Waals surface area contributed by atoms with Crippen LogP contribution in [-0.4, -0.2) is 5.16 Å². The average molecular weight is 218 g/mol. The fourth-order valence-electron chi connectivity index (χ4n) is 1.54. The molecule has 1 aromatic carbocycles. The molecular formula is C11H7FN2O2. The van der Waals surface area contributed by atoms with E-state index < -0.39 is 0 Å². The molecule has 3 aromatic rings. The summed E-state index contributed by atoms with van der Waals surface area (Å²) in [6, 6.07) is 7.52. The van der Waals surface area contributed by atoms with Crippen LogP contribution in [0.15, 0.2) is 39.3 Å². The standard InChI is InChI=1S/C11H7FN2O2/c12-7-1-2-8-6(3-7)4-9(15-8)10-5-11(13)14-16-10/h1-5H,(H2,13,14). The van der Waals surface area contributed by atoms with Crippen LogP contribution in [0.2, 0.25) is 0 Å². The van der Waals surface area contributed by atoms with Crippen molar-refractivity contribution >= 4 is 16.8 Å². The lowest BCUT2D eigenvalue weighted by Gasteiger charge is -1.86. The minimum absolute atomic E-state index is 0.279. The van der Waals surface area contributed by atoms with Crippen molar-refractivity contribution in [3.63, 3.8) is 0 Å². The first-order valence-corrected chi connectivity index (χ1v) is 4.64. The topological polar surface area (TPSA) is 65.2 Å². The third kappa shape index (κ3) is 1.33. The van der Waals surface area contributed by atoms with Crippen LogP contribution in [0.1, 0.15) is 0 Å². The van der Waals surface area contributed by atoms with Gasteiger partial charge in [0.2, 0.25) is 5.76 Å². The van der Waals surface area contributed by atoms with Gasteiger partial charge in [-0.3, -0.25) is 0 Å². The third-order valence-corrected chi connectivity index (χ3v) is 2.25. The molecule has 0 fully saturated rings. The summed E-state index contributed by atoms with van der Waals surface area (Å²) in [5.41, 5.74) is 6.02. The van der Waals surface area contributed by atoms with Crippen LogP contribution in [0.25, 0.3) is 22.5 Å². The Kier molecular flexibility index (Phi) is 1.73. The number of nitrogens with two attached hydrogens (primary N) is 1. The molecule has 5 heteroatoms. The van der Waals surface area contributed by atoms with Crippen molar-refractivity contribution < 1.29 is 13.3 Å². The Morgan fingerprint density at radius 2 is 2.00 bits per heavy atom. The number of nitrogen functional groups attached to an aromatic ring is 1. The molecular weight excluding hydrogens is 211 g/mol. The van der Waals surface area contributed by atoms with Crippen molar-refractivity contribution in [2.24, 2.45) is 0 Å². The molecule has 0 unspecified atom stereocenters. The van der Waals surface area contributed by atoms with Gasteiger partial charge in [0, 0.05) is 11.5 Å². The first kappa shape index (κ1) is 8.96. The minimum atomic E-state index is -0.308. The van der Waals surface area contributed by atoms with Crippen molar-refractivity contribution in [3.05, 3.63) is 36.1 Å². The van der Waals surface area contributed by atoms with Crippen molar-refractivity contribution in [1.29, 1.82) is 0 Å². The second kappa shape index (κ2) is 3.10. The molecule has 2 N–H and O–H groups in total. The van der Waals surface area contributed by atoms with Crippen molar-refractivity contribution in [3.8, 4) is 11.5 Å². The second-order valence-electron chi connectivity index (χ2n) is 3.41. The van der Waals surface area contributed by atoms with E-state index in [1.54, 1.807) is 18.2 Å². The zero-order valence-electron chi connectivity index (χ0n) is 8.11. The lowest BCUT2D eigenvalue weighted by atomic mass is 10.2. The van der Waals surface area contributed by atoms with Crippen molar-refractivity contribution in [2.45, 2.75) is 0 Å². The summed E-state index contributed by atoms with van der Waals surface area (Å²) in [6.07, 6.45) is 0. The fourth-order valence-corrected chi connectivity index (χ4v) is 1.54. The van der Waals surface area contributed by atoms with E-state index in [-0.39, 0.29) is 11.6 Å². The van der Waals surface area contributed by atoms with E-state index in [0.29, 0.717) is 22.5 Å². The molecule has 0 aliphatic heterocycles. The Morgan fingerprint density at radius 1 is 1.12 bits per heavy atom. The van der Waals surface area contributed by atoms with E-state index in [2.05, 4.69) is 5.16 Å². The molecule has 0 atom stereocenters. The van der Waals surface area contributed by atoms with Crippen molar-refractivity contribution in [2.75, 3.05) is 5.73 Å². The first-order chi connectivity index (χ1) is 7.72. The van der Waals surface area contributed by atoms with Crippen LogP contribution in [0.5, 0.6) is 0 Å². The maximum absolute atomic E-state index is 13.0. The molecule has 80 valence electrons. The summed E-state index contributed by atoms with van der Waals surface area (Å²) in [5, 5.41) is 4.22. The molecule has 3 rings (SSSR count). The molecule has 2 heterocycles. The van der Waals surface area contributed by atoms with E-state index in [4.69, 9.17) is 14.7 Å². The molecule has 0 aliphatic carbocycles. The largest absolute Gasteiger partial charge is 0.453 e. The molecule has 2 aromatic heterocycles. The van der Waals surface area contributed by atoms with Crippen LogP contribution >= 0.6 is 0 Å². The summed E-state index contributed by atoms with van der Waals surface area (Å²) >= 11 is 0. The number of nitrogens with zero attached hydrogens (tertiary/aromatic N) is 1.